The standard InChI is InChI=1S/C29H33ClN4O3S/c1-18(2)36-23-15-13-20(14-16-23)26-25(27(35)37-22-10-5-4-6-11-22)19(3)31-28-32-29(33-34(26)28)38-17-21-9-7-8-12-24(21)30/h7-9,12-16,18,22,26H,4-6,10-11,17H2,1-3H3,(H,31,32,33). The Morgan fingerprint density at radius 1 is 1.13 bits per heavy atom. The molecule has 200 valence electrons. The number of benzene rings is 2. The first-order chi connectivity index (χ1) is 18.4. The lowest BCUT2D eigenvalue weighted by Gasteiger charge is -2.30. The van der Waals surface area contributed by atoms with Crippen LogP contribution in [0, 0.1) is 0 Å². The van der Waals surface area contributed by atoms with Crippen LogP contribution in [0.5, 0.6) is 5.75 Å². The minimum atomic E-state index is -0.474. The second-order valence-corrected chi connectivity index (χ2v) is 11.4. The van der Waals surface area contributed by atoms with Crippen molar-refractivity contribution in [3.8, 4) is 5.75 Å². The minimum Gasteiger partial charge on any atom is -0.491 e. The fourth-order valence-electron chi connectivity index (χ4n) is 4.92. The molecule has 1 unspecified atom stereocenters. The second kappa shape index (κ2) is 11.8. The molecule has 1 N–H and O–H groups in total. The largest absolute Gasteiger partial charge is 0.491 e. The van der Waals surface area contributed by atoms with Crippen molar-refractivity contribution in [2.24, 2.45) is 0 Å². The molecular formula is C29H33ClN4O3S. The molecule has 1 atom stereocenters. The van der Waals surface area contributed by atoms with Crippen molar-refractivity contribution >= 4 is 35.3 Å². The molecule has 0 spiro atoms. The third-order valence-corrected chi connectivity index (χ3v) is 8.02. The first-order valence-corrected chi connectivity index (χ1v) is 14.5. The average Bonchev–Trinajstić information content (AvgIpc) is 3.30. The van der Waals surface area contributed by atoms with Crippen molar-refractivity contribution in [1.82, 2.24) is 14.8 Å². The molecule has 1 fully saturated rings. The Balaban J connectivity index is 1.46. The monoisotopic (exact) mass is 552 g/mol. The van der Waals surface area contributed by atoms with Crippen LogP contribution in [0.25, 0.3) is 0 Å². The molecule has 38 heavy (non-hydrogen) atoms. The van der Waals surface area contributed by atoms with Gasteiger partial charge in [-0.1, -0.05) is 60.1 Å². The number of aromatic nitrogens is 3. The SMILES string of the molecule is CC1=C(C(=O)OC2CCCCC2)C(c2ccc(OC(C)C)cc2)n2nc(SCc3ccccc3Cl)nc2N1. The fraction of sp³-hybridized carbons (Fsp3) is 0.414. The van der Waals surface area contributed by atoms with Gasteiger partial charge < -0.3 is 14.8 Å². The maximum atomic E-state index is 13.6. The molecule has 9 heteroatoms. The summed E-state index contributed by atoms with van der Waals surface area (Å²) in [6.07, 6.45) is 5.23. The third kappa shape index (κ3) is 6.02. The van der Waals surface area contributed by atoms with Crippen LogP contribution in [0.15, 0.2) is 65.0 Å². The van der Waals surface area contributed by atoms with Gasteiger partial charge >= 0.3 is 5.97 Å². The molecule has 5 rings (SSSR count). The number of fused-ring (bicyclic) bond motifs is 1. The zero-order valence-electron chi connectivity index (χ0n) is 21.9. The number of anilines is 1. The Kier molecular flexibility index (Phi) is 8.29. The van der Waals surface area contributed by atoms with Gasteiger partial charge in [0, 0.05) is 16.5 Å². The number of esters is 1. The van der Waals surface area contributed by atoms with Crippen LogP contribution in [0.2, 0.25) is 5.02 Å². The summed E-state index contributed by atoms with van der Waals surface area (Å²) in [7, 11) is 0. The first-order valence-electron chi connectivity index (χ1n) is 13.2. The van der Waals surface area contributed by atoms with E-state index in [1.54, 1.807) is 4.68 Å². The van der Waals surface area contributed by atoms with Crippen molar-refractivity contribution in [2.75, 3.05) is 5.32 Å². The predicted octanol–water partition coefficient (Wildman–Crippen LogP) is 7.18. The van der Waals surface area contributed by atoms with Crippen LogP contribution >= 0.6 is 23.4 Å². The van der Waals surface area contributed by atoms with Crippen molar-refractivity contribution in [2.45, 2.75) is 82.0 Å². The fourth-order valence-corrected chi connectivity index (χ4v) is 6.04. The summed E-state index contributed by atoms with van der Waals surface area (Å²) in [5.74, 6) is 1.70. The van der Waals surface area contributed by atoms with Gasteiger partial charge in [-0.25, -0.2) is 9.48 Å². The van der Waals surface area contributed by atoms with Crippen LogP contribution in [0.1, 0.15) is 70.0 Å². The summed E-state index contributed by atoms with van der Waals surface area (Å²) < 4.78 is 13.7. The number of nitrogens with zero attached hydrogens (tertiary/aromatic N) is 3. The molecule has 2 aliphatic rings. The minimum absolute atomic E-state index is 0.0436. The molecule has 0 amide bonds. The highest BCUT2D eigenvalue weighted by molar-refractivity contribution is 7.98. The molecule has 1 aliphatic heterocycles. The Bertz CT molecular complexity index is 1320. The number of carbonyl (C=O) groups excluding carboxylic acids is 1. The molecule has 1 aromatic heterocycles. The Labute approximate surface area is 233 Å². The second-order valence-electron chi connectivity index (χ2n) is 10.0. The maximum Gasteiger partial charge on any atom is 0.338 e. The van der Waals surface area contributed by atoms with E-state index in [2.05, 4.69) is 5.32 Å². The number of hydrogen-bond acceptors (Lipinski definition) is 7. The molecule has 1 aliphatic carbocycles. The van der Waals surface area contributed by atoms with Gasteiger partial charge in [-0.3, -0.25) is 0 Å². The number of rotatable bonds is 8. The topological polar surface area (TPSA) is 78.3 Å². The zero-order chi connectivity index (χ0) is 26.6. The van der Waals surface area contributed by atoms with Crippen LogP contribution < -0.4 is 10.1 Å². The summed E-state index contributed by atoms with van der Waals surface area (Å²) in [6, 6.07) is 15.1. The number of carbonyl (C=O) groups is 1. The number of ether oxygens (including phenoxy) is 2. The first kappa shape index (κ1) is 26.6. The number of nitrogens with one attached hydrogen (secondary N) is 1. The van der Waals surface area contributed by atoms with E-state index in [1.807, 2.05) is 69.3 Å². The summed E-state index contributed by atoms with van der Waals surface area (Å²) in [6.45, 7) is 5.89. The Morgan fingerprint density at radius 3 is 2.58 bits per heavy atom. The maximum absolute atomic E-state index is 13.6. The number of hydrogen-bond donors (Lipinski definition) is 1. The predicted molar refractivity (Wildman–Crippen MR) is 151 cm³/mol. The van der Waals surface area contributed by atoms with E-state index in [1.165, 1.54) is 18.2 Å². The molecule has 0 saturated heterocycles. The normalized spacial score (nSPS) is 17.8. The highest BCUT2D eigenvalue weighted by atomic mass is 35.5. The molecule has 7 nitrogen and oxygen atoms in total. The number of allylic oxidation sites excluding steroid dienone is 1. The summed E-state index contributed by atoms with van der Waals surface area (Å²) >= 11 is 7.86. The molecule has 3 aromatic rings. The van der Waals surface area contributed by atoms with Gasteiger partial charge in [0.15, 0.2) is 0 Å². The van der Waals surface area contributed by atoms with Gasteiger partial charge in [0.25, 0.3) is 0 Å². The van der Waals surface area contributed by atoms with Crippen LogP contribution in [-0.2, 0) is 15.3 Å². The van der Waals surface area contributed by atoms with Gasteiger partial charge in [-0.05, 0) is 75.8 Å². The van der Waals surface area contributed by atoms with Gasteiger partial charge in [-0.15, -0.1) is 5.10 Å². The molecule has 1 saturated carbocycles. The van der Waals surface area contributed by atoms with Crippen molar-refractivity contribution in [3.63, 3.8) is 0 Å². The molecule has 0 radical (unpaired) electrons. The van der Waals surface area contributed by atoms with Gasteiger partial charge in [0.2, 0.25) is 11.1 Å². The molecular weight excluding hydrogens is 520 g/mol. The summed E-state index contributed by atoms with van der Waals surface area (Å²) in [5.41, 5.74) is 3.20. The van der Waals surface area contributed by atoms with Gasteiger partial charge in [0.05, 0.1) is 11.7 Å². The van der Waals surface area contributed by atoms with E-state index in [4.69, 9.17) is 31.2 Å². The number of thioether (sulfide) groups is 1. The number of halogens is 1. The van der Waals surface area contributed by atoms with Gasteiger partial charge in [-0.2, -0.15) is 4.98 Å². The zero-order valence-corrected chi connectivity index (χ0v) is 23.5. The Morgan fingerprint density at radius 2 is 1.87 bits per heavy atom. The highest BCUT2D eigenvalue weighted by Crippen LogP contribution is 2.38. The lowest BCUT2D eigenvalue weighted by atomic mass is 9.95. The average molecular weight is 553 g/mol. The van der Waals surface area contributed by atoms with E-state index in [0.717, 1.165) is 48.3 Å². The lowest BCUT2D eigenvalue weighted by molar-refractivity contribution is -0.146. The van der Waals surface area contributed by atoms with Crippen molar-refractivity contribution < 1.29 is 14.3 Å². The molecule has 2 aromatic carbocycles. The van der Waals surface area contributed by atoms with E-state index < -0.39 is 6.04 Å². The van der Waals surface area contributed by atoms with E-state index in [9.17, 15) is 4.79 Å². The van der Waals surface area contributed by atoms with E-state index >= 15 is 0 Å². The summed E-state index contributed by atoms with van der Waals surface area (Å²) in [4.78, 5) is 18.3. The van der Waals surface area contributed by atoms with Crippen molar-refractivity contribution in [1.29, 1.82) is 0 Å². The van der Waals surface area contributed by atoms with Crippen LogP contribution in [0.4, 0.5) is 5.95 Å². The van der Waals surface area contributed by atoms with Gasteiger partial charge in [0.1, 0.15) is 17.9 Å². The van der Waals surface area contributed by atoms with E-state index in [-0.39, 0.29) is 18.2 Å². The lowest BCUT2D eigenvalue weighted by Crippen LogP contribution is -2.32. The molecule has 2 heterocycles. The Hall–Kier alpha value is -2.97. The van der Waals surface area contributed by atoms with Crippen LogP contribution in [0.3, 0.4) is 0 Å². The smallest absolute Gasteiger partial charge is 0.338 e. The quantitative estimate of drug-likeness (QED) is 0.234. The van der Waals surface area contributed by atoms with Crippen molar-refractivity contribution in [3.05, 3.63) is 76.0 Å². The third-order valence-electron chi connectivity index (χ3n) is 6.76. The summed E-state index contributed by atoms with van der Waals surface area (Å²) in [5, 5.41) is 9.45. The highest BCUT2D eigenvalue weighted by Gasteiger charge is 2.36. The van der Waals surface area contributed by atoms with E-state index in [0.29, 0.717) is 27.5 Å². The molecule has 0 bridgehead atoms. The van der Waals surface area contributed by atoms with Crippen LogP contribution in [-0.4, -0.2) is 32.9 Å².